The number of hydrogen-bond donors (Lipinski definition) is 1. The maximum absolute atomic E-state index is 12.1. The van der Waals surface area contributed by atoms with E-state index in [-0.39, 0.29) is 5.91 Å². The van der Waals surface area contributed by atoms with Gasteiger partial charge >= 0.3 is 0 Å². The van der Waals surface area contributed by atoms with Crippen molar-refractivity contribution in [3.8, 4) is 5.75 Å². The van der Waals surface area contributed by atoms with Crippen molar-refractivity contribution in [3.63, 3.8) is 0 Å². The molecule has 0 aliphatic carbocycles. The number of hydrogen-bond acceptors (Lipinski definition) is 4. The Balaban J connectivity index is 1.78. The van der Waals surface area contributed by atoms with E-state index < -0.39 is 0 Å². The largest absolute Gasteiger partial charge is 0.496 e. The molecule has 1 heterocycles. The zero-order valence-corrected chi connectivity index (χ0v) is 12.7. The lowest BCUT2D eigenvalue weighted by Crippen LogP contribution is -2.35. The van der Waals surface area contributed by atoms with Gasteiger partial charge in [0, 0.05) is 31.0 Å². The maximum atomic E-state index is 12.1. The standard InChI is InChI=1S/C15H22N2O2S/c1-19-14-6-3-2-5-13(14)11-20-12-15(18)17-9-4-7-16-8-10-17/h2-3,5-6,16H,4,7-12H2,1H3. The molecule has 1 N–H and O–H groups in total. The first kappa shape index (κ1) is 15.2. The topological polar surface area (TPSA) is 41.6 Å². The molecule has 1 saturated heterocycles. The number of para-hydroxylation sites is 1. The van der Waals surface area contributed by atoms with E-state index in [9.17, 15) is 4.79 Å². The van der Waals surface area contributed by atoms with Gasteiger partial charge in [-0.05, 0) is 19.0 Å². The molecule has 5 heteroatoms. The molecule has 1 aliphatic heterocycles. The first-order valence-corrected chi connectivity index (χ1v) is 8.15. The van der Waals surface area contributed by atoms with Crippen LogP contribution in [0, 0.1) is 0 Å². The molecule has 0 bridgehead atoms. The summed E-state index contributed by atoms with van der Waals surface area (Å²) in [7, 11) is 1.68. The van der Waals surface area contributed by atoms with Gasteiger partial charge in [0.25, 0.3) is 0 Å². The molecule has 4 nitrogen and oxygen atoms in total. The second kappa shape index (κ2) is 8.17. The van der Waals surface area contributed by atoms with Gasteiger partial charge in [-0.25, -0.2) is 0 Å². The maximum Gasteiger partial charge on any atom is 0.232 e. The van der Waals surface area contributed by atoms with Crippen LogP contribution in [0.2, 0.25) is 0 Å². The van der Waals surface area contributed by atoms with Crippen LogP contribution in [0.3, 0.4) is 0 Å². The summed E-state index contributed by atoms with van der Waals surface area (Å²) in [5, 5.41) is 3.31. The van der Waals surface area contributed by atoms with Crippen molar-refractivity contribution < 1.29 is 9.53 Å². The van der Waals surface area contributed by atoms with Crippen LogP contribution < -0.4 is 10.1 Å². The number of carbonyl (C=O) groups excluding carboxylic acids is 1. The molecule has 20 heavy (non-hydrogen) atoms. The van der Waals surface area contributed by atoms with Gasteiger partial charge in [-0.15, -0.1) is 11.8 Å². The van der Waals surface area contributed by atoms with E-state index in [0.29, 0.717) is 5.75 Å². The number of amides is 1. The van der Waals surface area contributed by atoms with Crippen molar-refractivity contribution in [2.45, 2.75) is 12.2 Å². The summed E-state index contributed by atoms with van der Waals surface area (Å²) >= 11 is 1.65. The minimum atomic E-state index is 0.244. The van der Waals surface area contributed by atoms with Crippen molar-refractivity contribution in [2.75, 3.05) is 39.0 Å². The molecule has 0 atom stereocenters. The van der Waals surface area contributed by atoms with Gasteiger partial charge in [-0.1, -0.05) is 18.2 Å². The highest BCUT2D eigenvalue weighted by molar-refractivity contribution is 7.99. The van der Waals surface area contributed by atoms with Gasteiger partial charge in [0.2, 0.25) is 5.91 Å². The molecular weight excluding hydrogens is 272 g/mol. The molecule has 1 aromatic rings. The van der Waals surface area contributed by atoms with Crippen LogP contribution in [0.4, 0.5) is 0 Å². The second-order valence-corrected chi connectivity index (χ2v) is 5.77. The first-order valence-electron chi connectivity index (χ1n) is 6.99. The fourth-order valence-electron chi connectivity index (χ4n) is 2.26. The molecule has 0 saturated carbocycles. The van der Waals surface area contributed by atoms with Crippen LogP contribution in [-0.4, -0.2) is 49.8 Å². The Labute approximate surface area is 124 Å². The fourth-order valence-corrected chi connectivity index (χ4v) is 3.17. The summed E-state index contributed by atoms with van der Waals surface area (Å²) in [4.78, 5) is 14.1. The van der Waals surface area contributed by atoms with Gasteiger partial charge in [-0.3, -0.25) is 4.79 Å². The minimum Gasteiger partial charge on any atom is -0.496 e. The smallest absolute Gasteiger partial charge is 0.232 e. The van der Waals surface area contributed by atoms with E-state index in [4.69, 9.17) is 4.74 Å². The monoisotopic (exact) mass is 294 g/mol. The Kier molecular flexibility index (Phi) is 6.21. The zero-order chi connectivity index (χ0) is 14.2. The van der Waals surface area contributed by atoms with E-state index in [1.165, 1.54) is 0 Å². The normalized spacial score (nSPS) is 15.8. The van der Waals surface area contributed by atoms with Crippen molar-refractivity contribution >= 4 is 17.7 Å². The number of nitrogens with one attached hydrogen (secondary N) is 1. The number of carbonyl (C=O) groups is 1. The molecule has 2 rings (SSSR count). The van der Waals surface area contributed by atoms with Crippen molar-refractivity contribution in [3.05, 3.63) is 29.8 Å². The third-order valence-corrected chi connectivity index (χ3v) is 4.33. The Morgan fingerprint density at radius 2 is 2.20 bits per heavy atom. The lowest BCUT2D eigenvalue weighted by atomic mass is 10.2. The Bertz CT molecular complexity index is 432. The molecule has 1 aromatic carbocycles. The van der Waals surface area contributed by atoms with E-state index in [2.05, 4.69) is 5.32 Å². The van der Waals surface area contributed by atoms with Crippen LogP contribution in [0.5, 0.6) is 5.75 Å². The quantitative estimate of drug-likeness (QED) is 0.898. The van der Waals surface area contributed by atoms with Crippen LogP contribution >= 0.6 is 11.8 Å². The average molecular weight is 294 g/mol. The van der Waals surface area contributed by atoms with E-state index >= 15 is 0 Å². The summed E-state index contributed by atoms with van der Waals surface area (Å²) in [6.45, 7) is 3.62. The minimum absolute atomic E-state index is 0.244. The summed E-state index contributed by atoms with van der Waals surface area (Å²) in [6.07, 6.45) is 1.04. The highest BCUT2D eigenvalue weighted by Gasteiger charge is 2.15. The Morgan fingerprint density at radius 1 is 1.35 bits per heavy atom. The first-order chi connectivity index (χ1) is 9.81. The molecule has 1 fully saturated rings. The number of ether oxygens (including phenoxy) is 1. The average Bonchev–Trinajstić information content (AvgIpc) is 2.77. The van der Waals surface area contributed by atoms with Gasteiger partial charge in [0.15, 0.2) is 0 Å². The van der Waals surface area contributed by atoms with Crippen molar-refractivity contribution in [1.82, 2.24) is 10.2 Å². The van der Waals surface area contributed by atoms with Crippen LogP contribution in [-0.2, 0) is 10.5 Å². The molecular formula is C15H22N2O2S. The number of nitrogens with zero attached hydrogens (tertiary/aromatic N) is 1. The van der Waals surface area contributed by atoms with Crippen molar-refractivity contribution in [1.29, 1.82) is 0 Å². The Morgan fingerprint density at radius 3 is 3.05 bits per heavy atom. The van der Waals surface area contributed by atoms with Gasteiger partial charge in [0.1, 0.15) is 5.75 Å². The molecule has 0 aromatic heterocycles. The molecule has 110 valence electrons. The van der Waals surface area contributed by atoms with Gasteiger partial charge in [0.05, 0.1) is 12.9 Å². The number of methoxy groups -OCH3 is 1. The lowest BCUT2D eigenvalue weighted by Gasteiger charge is -2.19. The summed E-state index contributed by atoms with van der Waals surface area (Å²) < 4.78 is 5.32. The highest BCUT2D eigenvalue weighted by Crippen LogP contribution is 2.22. The second-order valence-electron chi connectivity index (χ2n) is 4.79. The lowest BCUT2D eigenvalue weighted by molar-refractivity contribution is -0.128. The predicted molar refractivity (Wildman–Crippen MR) is 83.2 cm³/mol. The molecule has 0 unspecified atom stereocenters. The van der Waals surface area contributed by atoms with E-state index in [1.807, 2.05) is 29.2 Å². The highest BCUT2D eigenvalue weighted by atomic mass is 32.2. The van der Waals surface area contributed by atoms with Gasteiger partial charge in [-0.2, -0.15) is 0 Å². The molecule has 0 radical (unpaired) electrons. The molecule has 1 aliphatic rings. The molecule has 0 spiro atoms. The zero-order valence-electron chi connectivity index (χ0n) is 11.9. The van der Waals surface area contributed by atoms with E-state index in [1.54, 1.807) is 18.9 Å². The fraction of sp³-hybridized carbons (Fsp3) is 0.533. The Hall–Kier alpha value is -1.20. The van der Waals surface area contributed by atoms with Crippen molar-refractivity contribution in [2.24, 2.45) is 0 Å². The summed E-state index contributed by atoms with van der Waals surface area (Å²) in [6, 6.07) is 7.97. The number of thioether (sulfide) groups is 1. The molecule has 1 amide bonds. The predicted octanol–water partition coefficient (Wildman–Crippen LogP) is 1.75. The van der Waals surface area contributed by atoms with Crippen LogP contribution in [0.15, 0.2) is 24.3 Å². The summed E-state index contributed by atoms with van der Waals surface area (Å²) in [5.74, 6) is 2.49. The number of benzene rings is 1. The third kappa shape index (κ3) is 4.42. The third-order valence-electron chi connectivity index (χ3n) is 3.37. The summed E-state index contributed by atoms with van der Waals surface area (Å²) in [5.41, 5.74) is 1.14. The van der Waals surface area contributed by atoms with Crippen LogP contribution in [0.1, 0.15) is 12.0 Å². The number of rotatable bonds is 5. The van der Waals surface area contributed by atoms with E-state index in [0.717, 1.165) is 49.7 Å². The van der Waals surface area contributed by atoms with Gasteiger partial charge < -0.3 is 15.0 Å². The van der Waals surface area contributed by atoms with Crippen LogP contribution in [0.25, 0.3) is 0 Å². The SMILES string of the molecule is COc1ccccc1CSCC(=O)N1CCCNCC1.